The summed E-state index contributed by atoms with van der Waals surface area (Å²) in [6.45, 7) is 16.4. The number of rotatable bonds is 17. The van der Waals surface area contributed by atoms with Gasteiger partial charge in [-0.2, -0.15) is 0 Å². The Morgan fingerprint density at radius 2 is 1.29 bits per heavy atom. The molecule has 1 aliphatic heterocycles. The number of carbonyl (C=O) groups is 1. The van der Waals surface area contributed by atoms with Gasteiger partial charge in [-0.15, -0.1) is 0 Å². The smallest absolute Gasteiger partial charge is 0.254 e. The molecule has 0 saturated carbocycles. The molecule has 0 fully saturated rings. The molecule has 6 nitrogen and oxygen atoms in total. The van der Waals surface area contributed by atoms with Crippen molar-refractivity contribution in [3.05, 3.63) is 83.4 Å². The second-order valence-corrected chi connectivity index (χ2v) is 11.1. The van der Waals surface area contributed by atoms with Crippen LogP contribution in [0.2, 0.25) is 0 Å². The van der Waals surface area contributed by atoms with Crippen LogP contribution in [0, 0.1) is 0 Å². The van der Waals surface area contributed by atoms with Gasteiger partial charge in [-0.1, -0.05) is 83.0 Å². The first-order valence-corrected chi connectivity index (χ1v) is 15.9. The second kappa shape index (κ2) is 16.3. The van der Waals surface area contributed by atoms with Gasteiger partial charge in [0.15, 0.2) is 11.5 Å². The van der Waals surface area contributed by atoms with Crippen LogP contribution >= 0.6 is 0 Å². The summed E-state index contributed by atoms with van der Waals surface area (Å²) in [6.07, 6.45) is 4.72. The molecule has 0 saturated heterocycles. The summed E-state index contributed by atoms with van der Waals surface area (Å²) >= 11 is 0. The molecule has 0 atom stereocenters. The van der Waals surface area contributed by atoms with Crippen LogP contribution in [0.1, 0.15) is 68.4 Å². The highest BCUT2D eigenvalue weighted by Gasteiger charge is 2.19. The topological polar surface area (TPSA) is 45.3 Å². The molecule has 1 heterocycles. The molecule has 3 aromatic carbocycles. The zero-order valence-corrected chi connectivity index (χ0v) is 26.1. The summed E-state index contributed by atoms with van der Waals surface area (Å²) in [5.41, 5.74) is 5.39. The van der Waals surface area contributed by atoms with Gasteiger partial charge < -0.3 is 24.2 Å². The SMILES string of the molecule is CCCCCc1ccc(C(=O)N(CCN(CC)CCN(CC)CC)Cc2ccc(-c3ccc4c(c3)OCO4)cc2)cc1. The highest BCUT2D eigenvalue weighted by atomic mass is 16.7. The predicted octanol–water partition coefficient (Wildman–Crippen LogP) is 7.12. The second-order valence-electron chi connectivity index (χ2n) is 11.1. The van der Waals surface area contributed by atoms with Crippen LogP contribution in [-0.2, 0) is 13.0 Å². The van der Waals surface area contributed by atoms with Gasteiger partial charge in [0.2, 0.25) is 6.79 Å². The van der Waals surface area contributed by atoms with Crippen LogP contribution in [0.25, 0.3) is 11.1 Å². The lowest BCUT2D eigenvalue weighted by Crippen LogP contribution is -2.41. The molecular weight excluding hydrogens is 522 g/mol. The third-order valence-electron chi connectivity index (χ3n) is 8.35. The van der Waals surface area contributed by atoms with E-state index in [2.05, 4.69) is 80.0 Å². The van der Waals surface area contributed by atoms with E-state index < -0.39 is 0 Å². The lowest BCUT2D eigenvalue weighted by atomic mass is 10.0. The molecule has 0 spiro atoms. The van der Waals surface area contributed by atoms with E-state index >= 15 is 0 Å². The van der Waals surface area contributed by atoms with Gasteiger partial charge in [0, 0.05) is 38.3 Å². The molecule has 226 valence electrons. The number of hydrogen-bond donors (Lipinski definition) is 0. The maximum absolute atomic E-state index is 13.9. The maximum atomic E-state index is 13.9. The Labute approximate surface area is 253 Å². The average Bonchev–Trinajstić information content (AvgIpc) is 3.51. The van der Waals surface area contributed by atoms with Gasteiger partial charge in [0.1, 0.15) is 0 Å². The normalized spacial score (nSPS) is 12.3. The fourth-order valence-corrected chi connectivity index (χ4v) is 5.44. The number of benzene rings is 3. The molecule has 4 rings (SSSR count). The first kappa shape index (κ1) is 31.6. The fraction of sp³-hybridized carbons (Fsp3) is 0.472. The Bertz CT molecular complexity index is 1240. The van der Waals surface area contributed by atoms with Crippen LogP contribution in [-0.4, -0.2) is 73.2 Å². The van der Waals surface area contributed by atoms with E-state index in [-0.39, 0.29) is 12.7 Å². The monoisotopic (exact) mass is 571 g/mol. The van der Waals surface area contributed by atoms with Crippen LogP contribution in [0.3, 0.4) is 0 Å². The highest BCUT2D eigenvalue weighted by molar-refractivity contribution is 5.94. The number of hydrogen-bond acceptors (Lipinski definition) is 5. The number of amides is 1. The molecule has 42 heavy (non-hydrogen) atoms. The van der Waals surface area contributed by atoms with E-state index in [1.54, 1.807) is 0 Å². The highest BCUT2D eigenvalue weighted by Crippen LogP contribution is 2.36. The van der Waals surface area contributed by atoms with Gasteiger partial charge >= 0.3 is 0 Å². The molecule has 0 unspecified atom stereocenters. The summed E-state index contributed by atoms with van der Waals surface area (Å²) in [4.78, 5) is 20.8. The molecular formula is C36H49N3O3. The molecule has 0 bridgehead atoms. The van der Waals surface area contributed by atoms with Crippen molar-refractivity contribution in [2.75, 3.05) is 52.6 Å². The van der Waals surface area contributed by atoms with Crippen LogP contribution in [0.5, 0.6) is 11.5 Å². The summed E-state index contributed by atoms with van der Waals surface area (Å²) < 4.78 is 11.0. The number of fused-ring (bicyclic) bond motifs is 1. The largest absolute Gasteiger partial charge is 0.454 e. The third kappa shape index (κ3) is 8.83. The van der Waals surface area contributed by atoms with E-state index in [0.29, 0.717) is 13.1 Å². The Hall–Kier alpha value is -3.35. The van der Waals surface area contributed by atoms with Gasteiger partial charge in [0.05, 0.1) is 0 Å². The summed E-state index contributed by atoms with van der Waals surface area (Å²) in [5.74, 6) is 1.66. The van der Waals surface area contributed by atoms with Crippen molar-refractivity contribution < 1.29 is 14.3 Å². The van der Waals surface area contributed by atoms with Crippen molar-refractivity contribution >= 4 is 5.91 Å². The minimum absolute atomic E-state index is 0.0924. The van der Waals surface area contributed by atoms with E-state index in [9.17, 15) is 4.79 Å². The van der Waals surface area contributed by atoms with Crippen molar-refractivity contribution in [3.63, 3.8) is 0 Å². The van der Waals surface area contributed by atoms with E-state index in [1.165, 1.54) is 24.8 Å². The minimum Gasteiger partial charge on any atom is -0.454 e. The molecule has 6 heteroatoms. The number of unbranched alkanes of at least 4 members (excludes halogenated alkanes) is 2. The number of ether oxygens (including phenoxy) is 2. The lowest BCUT2D eigenvalue weighted by molar-refractivity contribution is 0.0719. The summed E-state index contributed by atoms with van der Waals surface area (Å²) in [6, 6.07) is 22.8. The average molecular weight is 572 g/mol. The van der Waals surface area contributed by atoms with Crippen molar-refractivity contribution in [2.45, 2.75) is 59.9 Å². The van der Waals surface area contributed by atoms with Gasteiger partial charge in [-0.3, -0.25) is 4.79 Å². The molecule has 1 amide bonds. The molecule has 3 aromatic rings. The van der Waals surface area contributed by atoms with Crippen molar-refractivity contribution in [2.24, 2.45) is 0 Å². The number of nitrogens with zero attached hydrogens (tertiary/aromatic N) is 3. The Morgan fingerprint density at radius 3 is 1.98 bits per heavy atom. The fourth-order valence-electron chi connectivity index (χ4n) is 5.44. The predicted molar refractivity (Wildman–Crippen MR) is 172 cm³/mol. The Kier molecular flexibility index (Phi) is 12.3. The number of aryl methyl sites for hydroxylation is 1. The lowest BCUT2D eigenvalue weighted by Gasteiger charge is -2.29. The number of carbonyl (C=O) groups excluding carboxylic acids is 1. The summed E-state index contributed by atoms with van der Waals surface area (Å²) in [5, 5.41) is 0. The van der Waals surface area contributed by atoms with Gasteiger partial charge in [-0.05, 0) is 79.0 Å². The van der Waals surface area contributed by atoms with Crippen molar-refractivity contribution in [1.29, 1.82) is 0 Å². The van der Waals surface area contributed by atoms with Crippen LogP contribution in [0.15, 0.2) is 66.7 Å². The zero-order valence-electron chi connectivity index (χ0n) is 26.1. The first-order chi connectivity index (χ1) is 20.5. The van der Waals surface area contributed by atoms with Crippen LogP contribution in [0.4, 0.5) is 0 Å². The van der Waals surface area contributed by atoms with E-state index in [4.69, 9.17) is 9.47 Å². The number of likely N-dealkylation sites (N-methyl/N-ethyl adjacent to an activating group) is 2. The van der Waals surface area contributed by atoms with Crippen molar-refractivity contribution in [1.82, 2.24) is 14.7 Å². The third-order valence-corrected chi connectivity index (χ3v) is 8.35. The van der Waals surface area contributed by atoms with Crippen LogP contribution < -0.4 is 9.47 Å². The maximum Gasteiger partial charge on any atom is 0.254 e. The van der Waals surface area contributed by atoms with Gasteiger partial charge in [-0.25, -0.2) is 0 Å². The molecule has 1 aliphatic rings. The molecule has 0 aromatic heterocycles. The Balaban J connectivity index is 1.46. The van der Waals surface area contributed by atoms with Crippen molar-refractivity contribution in [3.8, 4) is 22.6 Å². The van der Waals surface area contributed by atoms with Gasteiger partial charge in [0.25, 0.3) is 5.91 Å². The Morgan fingerprint density at radius 1 is 0.667 bits per heavy atom. The molecule has 0 radical (unpaired) electrons. The quantitative estimate of drug-likeness (QED) is 0.161. The first-order valence-electron chi connectivity index (χ1n) is 15.9. The van der Waals surface area contributed by atoms with E-state index in [1.807, 2.05) is 29.2 Å². The minimum atomic E-state index is 0.0924. The molecule has 0 aliphatic carbocycles. The standard InChI is InChI=1S/C36H49N3O3/c1-5-9-10-11-29-12-18-32(19-13-29)36(40)39(25-24-38(8-4)23-22-37(6-2)7-3)27-30-14-16-31(17-15-30)33-20-21-34-35(26-33)42-28-41-34/h12-21,26H,5-11,22-25,27-28H2,1-4H3. The molecule has 0 N–H and O–H groups in total. The summed E-state index contributed by atoms with van der Waals surface area (Å²) in [7, 11) is 0. The zero-order chi connectivity index (χ0) is 29.7. The van der Waals surface area contributed by atoms with E-state index in [0.717, 1.165) is 79.4 Å².